The summed E-state index contributed by atoms with van der Waals surface area (Å²) in [6.45, 7) is 0. The lowest BCUT2D eigenvalue weighted by Crippen LogP contribution is -2.08. The molecule has 0 aliphatic heterocycles. The third kappa shape index (κ3) is 2.99. The van der Waals surface area contributed by atoms with Crippen LogP contribution in [0.5, 0.6) is 0 Å². The van der Waals surface area contributed by atoms with Gasteiger partial charge in [0.2, 0.25) is 0 Å². The molecule has 110 valence electrons. The second-order valence-electron chi connectivity index (χ2n) is 4.34. The van der Waals surface area contributed by atoms with E-state index in [4.69, 9.17) is 5.73 Å². The Bertz CT molecular complexity index is 681. The number of carbonyl (C=O) groups excluding carboxylic acids is 1. The first-order chi connectivity index (χ1) is 9.84. The van der Waals surface area contributed by atoms with Crippen LogP contribution in [0, 0.1) is 0 Å². The molecule has 0 spiro atoms. The maximum Gasteiger partial charge on any atom is 0.417 e. The zero-order valence-corrected chi connectivity index (χ0v) is 11.1. The number of alkyl halides is 3. The lowest BCUT2D eigenvalue weighted by atomic mass is 9.97. The van der Waals surface area contributed by atoms with Gasteiger partial charge in [-0.3, -0.25) is 0 Å². The molecule has 6 heteroatoms. The Hall–Kier alpha value is -2.50. The number of methoxy groups -OCH3 is 1. The van der Waals surface area contributed by atoms with E-state index in [1.807, 2.05) is 0 Å². The summed E-state index contributed by atoms with van der Waals surface area (Å²) >= 11 is 0. The predicted octanol–water partition coefficient (Wildman–Crippen LogP) is 3.74. The van der Waals surface area contributed by atoms with Gasteiger partial charge in [-0.25, -0.2) is 4.79 Å². The van der Waals surface area contributed by atoms with Crippen molar-refractivity contribution in [2.45, 2.75) is 6.18 Å². The fourth-order valence-corrected chi connectivity index (χ4v) is 1.99. The van der Waals surface area contributed by atoms with Gasteiger partial charge < -0.3 is 10.5 Å². The molecule has 2 N–H and O–H groups in total. The Morgan fingerprint density at radius 2 is 1.81 bits per heavy atom. The number of nitrogen functional groups attached to an aromatic ring is 1. The largest absolute Gasteiger partial charge is 0.465 e. The Kier molecular flexibility index (Phi) is 3.88. The quantitative estimate of drug-likeness (QED) is 0.678. The van der Waals surface area contributed by atoms with Gasteiger partial charge in [0.05, 0.1) is 18.2 Å². The maximum absolute atomic E-state index is 13.0. The average Bonchev–Trinajstić information content (AvgIpc) is 2.46. The fourth-order valence-electron chi connectivity index (χ4n) is 1.99. The minimum absolute atomic E-state index is 0.0184. The van der Waals surface area contributed by atoms with E-state index in [-0.39, 0.29) is 22.4 Å². The molecule has 0 saturated heterocycles. The molecule has 0 aliphatic carbocycles. The molecule has 2 rings (SSSR count). The number of hydrogen-bond donors (Lipinski definition) is 1. The summed E-state index contributed by atoms with van der Waals surface area (Å²) in [5, 5.41) is 0. The van der Waals surface area contributed by atoms with Crippen LogP contribution in [-0.4, -0.2) is 13.1 Å². The topological polar surface area (TPSA) is 52.3 Å². The number of anilines is 1. The summed E-state index contributed by atoms with van der Waals surface area (Å²) in [5.74, 6) is -0.696. The van der Waals surface area contributed by atoms with E-state index in [9.17, 15) is 18.0 Å². The van der Waals surface area contributed by atoms with E-state index in [0.29, 0.717) is 0 Å². The normalized spacial score (nSPS) is 11.2. The van der Waals surface area contributed by atoms with Gasteiger partial charge >= 0.3 is 12.1 Å². The van der Waals surface area contributed by atoms with Crippen LogP contribution < -0.4 is 5.73 Å². The van der Waals surface area contributed by atoms with Crippen molar-refractivity contribution < 1.29 is 22.7 Å². The average molecular weight is 295 g/mol. The Labute approximate surface area is 119 Å². The molecule has 0 radical (unpaired) electrons. The lowest BCUT2D eigenvalue weighted by molar-refractivity contribution is -0.137. The van der Waals surface area contributed by atoms with Crippen molar-refractivity contribution >= 4 is 11.7 Å². The highest BCUT2D eigenvalue weighted by Gasteiger charge is 2.33. The van der Waals surface area contributed by atoms with E-state index in [2.05, 4.69) is 4.74 Å². The van der Waals surface area contributed by atoms with Gasteiger partial charge in [-0.05, 0) is 29.3 Å². The van der Waals surface area contributed by atoms with Crippen molar-refractivity contribution in [2.75, 3.05) is 12.8 Å². The zero-order valence-electron chi connectivity index (χ0n) is 11.1. The molecule has 2 aromatic carbocycles. The van der Waals surface area contributed by atoms with Crippen molar-refractivity contribution in [2.24, 2.45) is 0 Å². The fraction of sp³-hybridized carbons (Fsp3) is 0.133. The molecule has 0 heterocycles. The second-order valence-corrected chi connectivity index (χ2v) is 4.34. The molecule has 2 aromatic rings. The number of esters is 1. The first-order valence-electron chi connectivity index (χ1n) is 5.99. The van der Waals surface area contributed by atoms with Crippen molar-refractivity contribution in [1.82, 2.24) is 0 Å². The highest BCUT2D eigenvalue weighted by Crippen LogP contribution is 2.37. The van der Waals surface area contributed by atoms with Crippen LogP contribution in [0.3, 0.4) is 0 Å². The molecule has 0 bridgehead atoms. The molecule has 0 fully saturated rings. The van der Waals surface area contributed by atoms with Crippen LogP contribution in [-0.2, 0) is 10.9 Å². The van der Waals surface area contributed by atoms with Crippen LogP contribution in [0.25, 0.3) is 11.1 Å². The highest BCUT2D eigenvalue weighted by molar-refractivity contribution is 5.96. The van der Waals surface area contributed by atoms with E-state index in [0.717, 1.165) is 6.07 Å². The van der Waals surface area contributed by atoms with Crippen LogP contribution >= 0.6 is 0 Å². The minimum Gasteiger partial charge on any atom is -0.465 e. The molecule has 0 unspecified atom stereocenters. The van der Waals surface area contributed by atoms with Gasteiger partial charge in [0.15, 0.2) is 0 Å². The van der Waals surface area contributed by atoms with Gasteiger partial charge in [-0.15, -0.1) is 0 Å². The number of rotatable bonds is 2. The SMILES string of the molecule is COC(=O)c1cc(-c2ccccc2C(F)(F)F)ccc1N. The van der Waals surface area contributed by atoms with Gasteiger partial charge in [0, 0.05) is 5.69 Å². The number of carbonyl (C=O) groups is 1. The summed E-state index contributed by atoms with van der Waals surface area (Å²) in [7, 11) is 1.18. The molecular weight excluding hydrogens is 283 g/mol. The number of ether oxygens (including phenoxy) is 1. The summed E-state index contributed by atoms with van der Waals surface area (Å²) in [4.78, 5) is 11.6. The van der Waals surface area contributed by atoms with Crippen LogP contribution in [0.4, 0.5) is 18.9 Å². The summed E-state index contributed by atoms with van der Waals surface area (Å²) < 4.78 is 43.6. The molecule has 0 saturated carbocycles. The van der Waals surface area contributed by atoms with E-state index in [1.54, 1.807) is 0 Å². The molecule has 3 nitrogen and oxygen atoms in total. The third-order valence-electron chi connectivity index (χ3n) is 3.00. The number of benzene rings is 2. The van der Waals surface area contributed by atoms with Gasteiger partial charge in [0.1, 0.15) is 0 Å². The first-order valence-corrected chi connectivity index (χ1v) is 5.99. The van der Waals surface area contributed by atoms with Gasteiger partial charge in [-0.1, -0.05) is 24.3 Å². The van der Waals surface area contributed by atoms with Crippen molar-refractivity contribution in [3.63, 3.8) is 0 Å². The number of hydrogen-bond acceptors (Lipinski definition) is 3. The minimum atomic E-state index is -4.48. The van der Waals surface area contributed by atoms with Crippen LogP contribution in [0.1, 0.15) is 15.9 Å². The summed E-state index contributed by atoms with van der Waals surface area (Å²) in [6.07, 6.45) is -4.48. The monoisotopic (exact) mass is 295 g/mol. The van der Waals surface area contributed by atoms with E-state index >= 15 is 0 Å². The molecular formula is C15H12F3NO2. The maximum atomic E-state index is 13.0. The van der Waals surface area contributed by atoms with Crippen molar-refractivity contribution in [3.8, 4) is 11.1 Å². The van der Waals surface area contributed by atoms with Crippen LogP contribution in [0.15, 0.2) is 42.5 Å². The molecule has 0 amide bonds. The van der Waals surface area contributed by atoms with Gasteiger partial charge in [-0.2, -0.15) is 13.2 Å². The Balaban J connectivity index is 2.61. The predicted molar refractivity (Wildman–Crippen MR) is 72.6 cm³/mol. The number of nitrogens with two attached hydrogens (primary N) is 1. The Morgan fingerprint density at radius 3 is 2.43 bits per heavy atom. The Morgan fingerprint density at radius 1 is 1.14 bits per heavy atom. The molecule has 0 atom stereocenters. The highest BCUT2D eigenvalue weighted by atomic mass is 19.4. The lowest BCUT2D eigenvalue weighted by Gasteiger charge is -2.14. The van der Waals surface area contributed by atoms with E-state index < -0.39 is 17.7 Å². The standard InChI is InChI=1S/C15H12F3NO2/c1-21-14(20)11-8-9(6-7-13(11)19)10-4-2-3-5-12(10)15(16,17)18/h2-8H,19H2,1H3. The number of halogens is 3. The smallest absolute Gasteiger partial charge is 0.417 e. The first kappa shape index (κ1) is 14.9. The van der Waals surface area contributed by atoms with Crippen LogP contribution in [0.2, 0.25) is 0 Å². The second kappa shape index (κ2) is 5.47. The van der Waals surface area contributed by atoms with Crippen molar-refractivity contribution in [3.05, 3.63) is 53.6 Å². The molecule has 0 aliphatic rings. The third-order valence-corrected chi connectivity index (χ3v) is 3.00. The molecule has 0 aromatic heterocycles. The summed E-state index contributed by atoms with van der Waals surface area (Å²) in [6, 6.07) is 9.26. The molecule has 21 heavy (non-hydrogen) atoms. The summed E-state index contributed by atoms with van der Waals surface area (Å²) in [5.41, 5.74) is 5.28. The van der Waals surface area contributed by atoms with Crippen molar-refractivity contribution in [1.29, 1.82) is 0 Å². The zero-order chi connectivity index (χ0) is 15.6. The van der Waals surface area contributed by atoms with Gasteiger partial charge in [0.25, 0.3) is 0 Å². The van der Waals surface area contributed by atoms with E-state index in [1.165, 1.54) is 43.5 Å².